The number of carbonyl (C=O) groups is 2. The summed E-state index contributed by atoms with van der Waals surface area (Å²) in [7, 11) is 1.39. The van der Waals surface area contributed by atoms with Crippen molar-refractivity contribution in [3.05, 3.63) is 29.8 Å². The van der Waals surface area contributed by atoms with E-state index in [1.165, 1.54) is 20.0 Å². The Morgan fingerprint density at radius 1 is 1.07 bits per heavy atom. The van der Waals surface area contributed by atoms with E-state index >= 15 is 0 Å². The number of benzene rings is 1. The monoisotopic (exact) mass is 373 g/mol. The Balaban J connectivity index is 1.44. The molecular formula is C21H31N3O3. The van der Waals surface area contributed by atoms with Crippen LogP contribution < -0.4 is 4.90 Å². The zero-order chi connectivity index (χ0) is 19.2. The first-order valence-electron chi connectivity index (χ1n) is 10.0. The van der Waals surface area contributed by atoms with Crippen molar-refractivity contribution in [2.24, 2.45) is 5.92 Å². The summed E-state index contributed by atoms with van der Waals surface area (Å²) in [5, 5.41) is 0. The molecule has 1 aromatic carbocycles. The van der Waals surface area contributed by atoms with E-state index in [2.05, 4.69) is 16.7 Å². The molecule has 1 atom stereocenters. The molecule has 0 bridgehead atoms. The van der Waals surface area contributed by atoms with E-state index < -0.39 is 0 Å². The highest BCUT2D eigenvalue weighted by molar-refractivity contribution is 5.89. The van der Waals surface area contributed by atoms with Gasteiger partial charge in [0.05, 0.1) is 12.7 Å². The number of hydrogen-bond acceptors (Lipinski definition) is 5. The number of amides is 1. The normalized spacial score (nSPS) is 21.2. The number of esters is 1. The van der Waals surface area contributed by atoms with Crippen LogP contribution in [-0.4, -0.2) is 74.6 Å². The van der Waals surface area contributed by atoms with Crippen LogP contribution in [0.2, 0.25) is 0 Å². The van der Waals surface area contributed by atoms with Crippen LogP contribution in [0.25, 0.3) is 0 Å². The van der Waals surface area contributed by atoms with Crippen molar-refractivity contribution in [1.82, 2.24) is 9.80 Å². The van der Waals surface area contributed by atoms with E-state index in [4.69, 9.17) is 4.74 Å². The van der Waals surface area contributed by atoms with Gasteiger partial charge in [0.15, 0.2) is 0 Å². The maximum atomic E-state index is 12.5. The molecule has 1 amide bonds. The van der Waals surface area contributed by atoms with E-state index in [-0.39, 0.29) is 11.9 Å². The first-order valence-corrected chi connectivity index (χ1v) is 10.0. The van der Waals surface area contributed by atoms with Crippen LogP contribution in [0.4, 0.5) is 5.69 Å². The predicted octanol–water partition coefficient (Wildman–Crippen LogP) is 2.24. The summed E-state index contributed by atoms with van der Waals surface area (Å²) in [5.74, 6) is 0.706. The summed E-state index contributed by atoms with van der Waals surface area (Å²) in [6.45, 7) is 8.61. The third-order valence-corrected chi connectivity index (χ3v) is 5.67. The summed E-state index contributed by atoms with van der Waals surface area (Å²) in [4.78, 5) is 30.8. The smallest absolute Gasteiger partial charge is 0.337 e. The fourth-order valence-corrected chi connectivity index (χ4v) is 4.04. The fraction of sp³-hybridized carbons (Fsp3) is 0.619. The highest BCUT2D eigenvalue weighted by atomic mass is 16.5. The number of carbonyl (C=O) groups excluding carboxylic acids is 2. The molecule has 148 valence electrons. The second kappa shape index (κ2) is 9.22. The van der Waals surface area contributed by atoms with Crippen molar-refractivity contribution >= 4 is 17.6 Å². The highest BCUT2D eigenvalue weighted by Gasteiger charge is 2.23. The summed E-state index contributed by atoms with van der Waals surface area (Å²) >= 11 is 0. The van der Waals surface area contributed by atoms with Gasteiger partial charge in [0, 0.05) is 51.4 Å². The molecule has 2 aliphatic heterocycles. The van der Waals surface area contributed by atoms with Crippen molar-refractivity contribution in [3.63, 3.8) is 0 Å². The van der Waals surface area contributed by atoms with Gasteiger partial charge in [0.1, 0.15) is 0 Å². The molecule has 0 N–H and O–H groups in total. The molecule has 6 nitrogen and oxygen atoms in total. The minimum absolute atomic E-state index is 0.272. The Morgan fingerprint density at radius 3 is 2.41 bits per heavy atom. The highest BCUT2D eigenvalue weighted by Crippen LogP contribution is 2.19. The first-order chi connectivity index (χ1) is 13.1. The molecule has 0 aliphatic carbocycles. The fourth-order valence-electron chi connectivity index (χ4n) is 4.04. The summed E-state index contributed by atoms with van der Waals surface area (Å²) in [6, 6.07) is 7.47. The van der Waals surface area contributed by atoms with Gasteiger partial charge in [-0.15, -0.1) is 0 Å². The molecule has 0 aromatic heterocycles. The van der Waals surface area contributed by atoms with Crippen LogP contribution >= 0.6 is 0 Å². The number of rotatable bonds is 5. The van der Waals surface area contributed by atoms with E-state index in [0.717, 1.165) is 57.4 Å². The molecular weight excluding hydrogens is 342 g/mol. The molecule has 0 saturated carbocycles. The molecule has 0 radical (unpaired) electrons. The lowest BCUT2D eigenvalue weighted by Gasteiger charge is -2.37. The van der Waals surface area contributed by atoms with E-state index in [1.807, 2.05) is 17.0 Å². The maximum Gasteiger partial charge on any atom is 0.337 e. The molecule has 0 spiro atoms. The average molecular weight is 373 g/mol. The summed E-state index contributed by atoms with van der Waals surface area (Å²) in [6.07, 6.45) is 3.19. The van der Waals surface area contributed by atoms with Gasteiger partial charge in [-0.1, -0.05) is 6.92 Å². The van der Waals surface area contributed by atoms with Gasteiger partial charge in [-0.05, 0) is 49.6 Å². The molecule has 0 unspecified atom stereocenters. The van der Waals surface area contributed by atoms with Crippen molar-refractivity contribution in [3.8, 4) is 0 Å². The van der Waals surface area contributed by atoms with Crippen LogP contribution in [0.15, 0.2) is 24.3 Å². The minimum Gasteiger partial charge on any atom is -0.465 e. The third-order valence-electron chi connectivity index (χ3n) is 5.67. The lowest BCUT2D eigenvalue weighted by molar-refractivity contribution is -0.131. The molecule has 2 heterocycles. The number of piperidine rings is 1. The first kappa shape index (κ1) is 19.7. The quantitative estimate of drug-likeness (QED) is 0.741. The molecule has 2 aliphatic rings. The Bertz CT molecular complexity index is 639. The molecule has 1 aromatic rings. The van der Waals surface area contributed by atoms with Gasteiger partial charge in [-0.3, -0.25) is 4.79 Å². The number of ether oxygens (including phenoxy) is 1. The molecule has 6 heteroatoms. The topological polar surface area (TPSA) is 53.1 Å². The zero-order valence-electron chi connectivity index (χ0n) is 16.5. The van der Waals surface area contributed by atoms with Crippen molar-refractivity contribution in [2.45, 2.75) is 26.2 Å². The van der Waals surface area contributed by atoms with Crippen LogP contribution in [-0.2, 0) is 9.53 Å². The summed E-state index contributed by atoms with van der Waals surface area (Å²) in [5.41, 5.74) is 1.64. The van der Waals surface area contributed by atoms with Crippen LogP contribution in [0, 0.1) is 5.92 Å². The van der Waals surface area contributed by atoms with Gasteiger partial charge in [0.25, 0.3) is 0 Å². The van der Waals surface area contributed by atoms with Gasteiger partial charge >= 0.3 is 5.97 Å². The van der Waals surface area contributed by atoms with Crippen molar-refractivity contribution in [2.75, 3.05) is 57.8 Å². The van der Waals surface area contributed by atoms with Gasteiger partial charge < -0.3 is 19.4 Å². The van der Waals surface area contributed by atoms with Gasteiger partial charge in [-0.25, -0.2) is 4.79 Å². The SMILES string of the molecule is COC(=O)c1ccc(N2CCN(C(=O)CCN3CCC[C@H](C)C3)CC2)cc1. The third kappa shape index (κ3) is 5.22. The zero-order valence-corrected chi connectivity index (χ0v) is 16.5. The second-order valence-electron chi connectivity index (χ2n) is 7.70. The molecule has 27 heavy (non-hydrogen) atoms. The average Bonchev–Trinajstić information content (AvgIpc) is 2.72. The number of methoxy groups -OCH3 is 1. The molecule has 2 fully saturated rings. The van der Waals surface area contributed by atoms with E-state index in [9.17, 15) is 9.59 Å². The standard InChI is InChI=1S/C21H31N3O3/c1-17-4-3-10-22(16-17)11-9-20(25)24-14-12-23(13-15-24)19-7-5-18(6-8-19)21(26)27-2/h5-8,17H,3-4,9-16H2,1-2H3/t17-/m0/s1. The van der Waals surface area contributed by atoms with Crippen LogP contribution in [0.1, 0.15) is 36.5 Å². The lowest BCUT2D eigenvalue weighted by atomic mass is 10.0. The van der Waals surface area contributed by atoms with Crippen molar-refractivity contribution < 1.29 is 14.3 Å². The lowest BCUT2D eigenvalue weighted by Crippen LogP contribution is -2.49. The van der Waals surface area contributed by atoms with Crippen molar-refractivity contribution in [1.29, 1.82) is 0 Å². The molecule has 2 saturated heterocycles. The van der Waals surface area contributed by atoms with Crippen LogP contribution in [0.3, 0.4) is 0 Å². The Hall–Kier alpha value is -2.08. The number of piperazine rings is 1. The van der Waals surface area contributed by atoms with E-state index in [0.29, 0.717) is 12.0 Å². The van der Waals surface area contributed by atoms with Crippen LogP contribution in [0.5, 0.6) is 0 Å². The van der Waals surface area contributed by atoms with Gasteiger partial charge in [-0.2, -0.15) is 0 Å². The number of nitrogens with zero attached hydrogens (tertiary/aromatic N) is 3. The number of anilines is 1. The minimum atomic E-state index is -0.319. The second-order valence-corrected chi connectivity index (χ2v) is 7.70. The summed E-state index contributed by atoms with van der Waals surface area (Å²) < 4.78 is 4.73. The predicted molar refractivity (Wildman–Crippen MR) is 106 cm³/mol. The number of likely N-dealkylation sites (tertiary alicyclic amines) is 1. The molecule has 3 rings (SSSR count). The van der Waals surface area contributed by atoms with Gasteiger partial charge in [0.2, 0.25) is 5.91 Å². The Kier molecular flexibility index (Phi) is 6.72. The van der Waals surface area contributed by atoms with E-state index in [1.54, 1.807) is 12.1 Å². The number of hydrogen-bond donors (Lipinski definition) is 0. The maximum absolute atomic E-state index is 12.5. The Morgan fingerprint density at radius 2 is 1.78 bits per heavy atom. The largest absolute Gasteiger partial charge is 0.465 e. The Labute approximate surface area is 162 Å².